The first-order valence-corrected chi connectivity index (χ1v) is 8.65. The Bertz CT molecular complexity index is 996. The first-order valence-electron chi connectivity index (χ1n) is 8.65. The highest BCUT2D eigenvalue weighted by Gasteiger charge is 2.49. The second-order valence-corrected chi connectivity index (χ2v) is 6.26. The number of methoxy groups -OCH3 is 1. The molecule has 1 heterocycles. The van der Waals surface area contributed by atoms with Gasteiger partial charge >= 0.3 is 6.61 Å². The highest BCUT2D eigenvalue weighted by Crippen LogP contribution is 2.40. The number of nitrogens with two attached hydrogens (primary N) is 1. The summed E-state index contributed by atoms with van der Waals surface area (Å²) < 4.78 is 34.2. The number of benzene rings is 2. The van der Waals surface area contributed by atoms with Gasteiger partial charge in [-0.05, 0) is 35.4 Å². The van der Waals surface area contributed by atoms with Gasteiger partial charge in [0.25, 0.3) is 5.91 Å². The fraction of sp³-hybridized carbons (Fsp3) is 0.238. The Morgan fingerprint density at radius 3 is 2.52 bits per heavy atom. The zero-order chi connectivity index (χ0) is 21.0. The molecule has 0 spiro atoms. The Labute approximate surface area is 166 Å². The van der Waals surface area contributed by atoms with Gasteiger partial charge in [-0.2, -0.15) is 8.78 Å². The fourth-order valence-electron chi connectivity index (χ4n) is 3.09. The number of likely N-dealkylation sites (N-methyl/N-ethyl adjacent to an activating group) is 1. The first-order chi connectivity index (χ1) is 13.9. The van der Waals surface area contributed by atoms with Gasteiger partial charge in [-0.25, -0.2) is 4.99 Å². The third-order valence-electron chi connectivity index (χ3n) is 4.47. The summed E-state index contributed by atoms with van der Waals surface area (Å²) in [6.07, 6.45) is 0. The number of ether oxygens (including phenoxy) is 2. The van der Waals surface area contributed by atoms with E-state index in [0.717, 1.165) is 0 Å². The third kappa shape index (κ3) is 3.91. The van der Waals surface area contributed by atoms with E-state index in [1.54, 1.807) is 31.4 Å². The van der Waals surface area contributed by atoms with Gasteiger partial charge in [0.05, 0.1) is 0 Å². The molecule has 8 heteroatoms. The van der Waals surface area contributed by atoms with Gasteiger partial charge in [0.1, 0.15) is 12.4 Å². The average molecular weight is 399 g/mol. The molecule has 2 aromatic carbocycles. The van der Waals surface area contributed by atoms with Gasteiger partial charge < -0.3 is 15.2 Å². The Morgan fingerprint density at radius 1 is 1.21 bits per heavy atom. The van der Waals surface area contributed by atoms with Crippen LogP contribution in [0.15, 0.2) is 53.5 Å². The van der Waals surface area contributed by atoms with Crippen LogP contribution in [0.1, 0.15) is 16.7 Å². The van der Waals surface area contributed by atoms with Crippen LogP contribution in [0.2, 0.25) is 0 Å². The molecular weight excluding hydrogens is 380 g/mol. The maximum atomic E-state index is 13.2. The molecular formula is C21H19F2N3O3. The van der Waals surface area contributed by atoms with E-state index in [1.165, 1.54) is 36.2 Å². The summed E-state index contributed by atoms with van der Waals surface area (Å²) in [4.78, 5) is 18.9. The Kier molecular flexibility index (Phi) is 5.80. The number of alkyl halides is 2. The van der Waals surface area contributed by atoms with E-state index in [-0.39, 0.29) is 24.2 Å². The molecule has 0 saturated carbocycles. The number of guanidine groups is 1. The average Bonchev–Trinajstić information content (AvgIpc) is 2.93. The van der Waals surface area contributed by atoms with Crippen LogP contribution >= 0.6 is 0 Å². The van der Waals surface area contributed by atoms with E-state index < -0.39 is 12.2 Å². The standard InChI is InChI=1S/C21H19F2N3O3/c1-26-18(27)21(25-20(26)24,15-8-10-17(11-9-15)29-19(22)23)16-7-3-5-14(13-16)6-4-12-28-2/h3,5,7-11,13,19H,12H2,1-2H3,(H2,24,25). The maximum absolute atomic E-state index is 13.2. The number of carbonyl (C=O) groups is 1. The first kappa shape index (κ1) is 20.3. The summed E-state index contributed by atoms with van der Waals surface area (Å²) in [5.74, 6) is 5.50. The topological polar surface area (TPSA) is 77.2 Å². The number of hydrogen-bond acceptors (Lipinski definition) is 5. The number of nitrogens with zero attached hydrogens (tertiary/aromatic N) is 2. The van der Waals surface area contributed by atoms with Crippen molar-refractivity contribution < 1.29 is 23.0 Å². The minimum atomic E-state index is -2.94. The zero-order valence-corrected chi connectivity index (χ0v) is 15.9. The predicted molar refractivity (Wildman–Crippen MR) is 103 cm³/mol. The molecule has 2 aromatic rings. The number of carbonyl (C=O) groups excluding carboxylic acids is 1. The van der Waals surface area contributed by atoms with Crippen LogP contribution in [0.4, 0.5) is 8.78 Å². The van der Waals surface area contributed by atoms with E-state index in [0.29, 0.717) is 16.7 Å². The van der Waals surface area contributed by atoms with E-state index in [2.05, 4.69) is 21.6 Å². The maximum Gasteiger partial charge on any atom is 0.387 e. The normalized spacial score (nSPS) is 18.4. The second kappa shape index (κ2) is 8.29. The molecule has 2 N–H and O–H groups in total. The quantitative estimate of drug-likeness (QED) is 0.783. The van der Waals surface area contributed by atoms with Crippen molar-refractivity contribution in [2.24, 2.45) is 10.7 Å². The smallest absolute Gasteiger partial charge is 0.387 e. The van der Waals surface area contributed by atoms with E-state index in [9.17, 15) is 13.6 Å². The molecule has 1 aliphatic rings. The summed E-state index contributed by atoms with van der Waals surface area (Å²) in [6.45, 7) is -2.67. The molecule has 6 nitrogen and oxygen atoms in total. The van der Waals surface area contributed by atoms with Crippen molar-refractivity contribution in [1.29, 1.82) is 0 Å². The van der Waals surface area contributed by atoms with Gasteiger partial charge in [0.2, 0.25) is 0 Å². The predicted octanol–water partition coefficient (Wildman–Crippen LogP) is 2.32. The van der Waals surface area contributed by atoms with Crippen molar-refractivity contribution in [2.75, 3.05) is 20.8 Å². The van der Waals surface area contributed by atoms with Crippen LogP contribution in [-0.4, -0.2) is 44.1 Å². The molecule has 0 aromatic heterocycles. The van der Waals surface area contributed by atoms with Gasteiger partial charge in [0.15, 0.2) is 11.5 Å². The van der Waals surface area contributed by atoms with Gasteiger partial charge in [-0.3, -0.25) is 9.69 Å². The molecule has 0 fully saturated rings. The van der Waals surface area contributed by atoms with Crippen molar-refractivity contribution in [3.8, 4) is 17.6 Å². The largest absolute Gasteiger partial charge is 0.435 e. The highest BCUT2D eigenvalue weighted by atomic mass is 19.3. The summed E-state index contributed by atoms with van der Waals surface area (Å²) in [5, 5.41) is 0. The number of hydrogen-bond donors (Lipinski definition) is 1. The van der Waals surface area contributed by atoms with Crippen LogP contribution in [-0.2, 0) is 15.1 Å². The number of amides is 1. The highest BCUT2D eigenvalue weighted by molar-refractivity contribution is 6.08. The lowest BCUT2D eigenvalue weighted by atomic mass is 9.82. The van der Waals surface area contributed by atoms with E-state index in [1.807, 2.05) is 0 Å². The molecule has 0 radical (unpaired) electrons. The second-order valence-electron chi connectivity index (χ2n) is 6.26. The van der Waals surface area contributed by atoms with Gasteiger partial charge in [-0.15, -0.1) is 0 Å². The van der Waals surface area contributed by atoms with Crippen LogP contribution in [0.3, 0.4) is 0 Å². The molecule has 1 atom stereocenters. The molecule has 1 amide bonds. The van der Waals surface area contributed by atoms with Crippen molar-refractivity contribution in [1.82, 2.24) is 4.90 Å². The van der Waals surface area contributed by atoms with Crippen molar-refractivity contribution in [2.45, 2.75) is 12.2 Å². The molecule has 1 aliphatic heterocycles. The minimum Gasteiger partial charge on any atom is -0.435 e. The SMILES string of the molecule is COCC#Cc1cccc(C2(c3ccc(OC(F)F)cc3)N=C(N)N(C)C2=O)c1. The number of rotatable bonds is 5. The molecule has 0 bridgehead atoms. The summed E-state index contributed by atoms with van der Waals surface area (Å²) >= 11 is 0. The number of aliphatic imine (C=N–C) groups is 1. The van der Waals surface area contributed by atoms with Crippen LogP contribution in [0.25, 0.3) is 0 Å². The summed E-state index contributed by atoms with van der Waals surface area (Å²) in [6, 6.07) is 12.8. The molecule has 3 rings (SSSR count). The minimum absolute atomic E-state index is 0.0196. The molecule has 29 heavy (non-hydrogen) atoms. The van der Waals surface area contributed by atoms with E-state index in [4.69, 9.17) is 10.5 Å². The summed E-state index contributed by atoms with van der Waals surface area (Å²) in [5.41, 5.74) is 6.20. The molecule has 0 saturated heterocycles. The number of halogens is 2. The Hall–Kier alpha value is -3.44. The lowest BCUT2D eigenvalue weighted by molar-refractivity contribution is -0.129. The lowest BCUT2D eigenvalue weighted by Crippen LogP contribution is -2.41. The van der Waals surface area contributed by atoms with Crippen molar-refractivity contribution in [3.63, 3.8) is 0 Å². The van der Waals surface area contributed by atoms with Crippen molar-refractivity contribution in [3.05, 3.63) is 65.2 Å². The van der Waals surface area contributed by atoms with Gasteiger partial charge in [0, 0.05) is 19.7 Å². The fourth-order valence-corrected chi connectivity index (χ4v) is 3.09. The van der Waals surface area contributed by atoms with E-state index >= 15 is 0 Å². The monoisotopic (exact) mass is 399 g/mol. The third-order valence-corrected chi connectivity index (χ3v) is 4.47. The lowest BCUT2D eigenvalue weighted by Gasteiger charge is -2.26. The summed E-state index contributed by atoms with van der Waals surface area (Å²) in [7, 11) is 3.07. The van der Waals surface area contributed by atoms with Crippen LogP contribution in [0.5, 0.6) is 5.75 Å². The zero-order valence-electron chi connectivity index (χ0n) is 15.9. The van der Waals surface area contributed by atoms with Gasteiger partial charge in [-0.1, -0.05) is 36.1 Å². The van der Waals surface area contributed by atoms with Crippen LogP contribution < -0.4 is 10.5 Å². The molecule has 1 unspecified atom stereocenters. The molecule has 0 aliphatic carbocycles. The van der Waals surface area contributed by atoms with Crippen LogP contribution in [0, 0.1) is 11.8 Å². The Morgan fingerprint density at radius 2 is 1.93 bits per heavy atom. The Balaban J connectivity index is 2.11. The van der Waals surface area contributed by atoms with Crippen molar-refractivity contribution >= 4 is 11.9 Å². The molecule has 150 valence electrons.